The van der Waals surface area contributed by atoms with Gasteiger partial charge in [-0.15, -0.1) is 0 Å². The smallest absolute Gasteiger partial charge is 0.245 e. The summed E-state index contributed by atoms with van der Waals surface area (Å²) in [4.78, 5) is 26.5. The van der Waals surface area contributed by atoms with Crippen LogP contribution in [-0.4, -0.2) is 29.3 Å². The summed E-state index contributed by atoms with van der Waals surface area (Å²) in [5, 5.41) is 2.83. The molecule has 5 heteroatoms. The summed E-state index contributed by atoms with van der Waals surface area (Å²) < 4.78 is 0. The van der Waals surface area contributed by atoms with Gasteiger partial charge in [0.25, 0.3) is 0 Å². The lowest BCUT2D eigenvalue weighted by atomic mass is 10.0. The van der Waals surface area contributed by atoms with Gasteiger partial charge in [0.2, 0.25) is 11.8 Å². The highest BCUT2D eigenvalue weighted by Gasteiger charge is 2.32. The molecule has 0 aromatic heterocycles. The fourth-order valence-electron chi connectivity index (χ4n) is 3.10. The fourth-order valence-corrected chi connectivity index (χ4v) is 3.10. The molecule has 5 nitrogen and oxygen atoms in total. The van der Waals surface area contributed by atoms with Gasteiger partial charge in [-0.05, 0) is 17.5 Å². The van der Waals surface area contributed by atoms with Crippen LogP contribution in [0.3, 0.4) is 0 Å². The number of likely N-dealkylation sites (tertiary alicyclic amines) is 1. The molecule has 2 amide bonds. The van der Waals surface area contributed by atoms with Crippen LogP contribution in [0, 0.1) is 0 Å². The molecule has 130 valence electrons. The van der Waals surface area contributed by atoms with Crippen LogP contribution >= 0.6 is 0 Å². The fraction of sp³-hybridized carbons (Fsp3) is 0.300. The van der Waals surface area contributed by atoms with Crippen LogP contribution in [0.15, 0.2) is 60.7 Å². The van der Waals surface area contributed by atoms with Gasteiger partial charge >= 0.3 is 0 Å². The first-order valence-electron chi connectivity index (χ1n) is 8.56. The largest absolute Gasteiger partial charge is 0.344 e. The molecule has 0 bridgehead atoms. The molecular weight excluding hydrogens is 314 g/mol. The topological polar surface area (TPSA) is 75.4 Å². The lowest BCUT2D eigenvalue weighted by molar-refractivity contribution is -0.133. The number of nitrogens with one attached hydrogen (secondary N) is 1. The molecular formula is C20H23N3O2. The van der Waals surface area contributed by atoms with Gasteiger partial charge in [-0.25, -0.2) is 0 Å². The minimum Gasteiger partial charge on any atom is -0.344 e. The normalized spacial score (nSPS) is 18.2. The highest BCUT2D eigenvalue weighted by molar-refractivity contribution is 5.89. The maximum atomic E-state index is 12.5. The van der Waals surface area contributed by atoms with E-state index in [9.17, 15) is 9.59 Å². The molecule has 1 saturated heterocycles. The molecule has 2 atom stereocenters. The molecule has 3 rings (SSSR count). The molecule has 0 spiro atoms. The Balaban J connectivity index is 1.51. The Morgan fingerprint density at radius 2 is 1.76 bits per heavy atom. The van der Waals surface area contributed by atoms with E-state index in [-0.39, 0.29) is 24.3 Å². The average molecular weight is 337 g/mol. The van der Waals surface area contributed by atoms with E-state index >= 15 is 0 Å². The zero-order chi connectivity index (χ0) is 17.6. The average Bonchev–Trinajstić information content (AvgIpc) is 2.96. The van der Waals surface area contributed by atoms with Crippen LogP contribution in [0.4, 0.5) is 0 Å². The minimum atomic E-state index is -0.445. The summed E-state index contributed by atoms with van der Waals surface area (Å²) in [6.07, 6.45) is 0.810. The monoisotopic (exact) mass is 337 g/mol. The molecule has 2 aromatic carbocycles. The van der Waals surface area contributed by atoms with E-state index < -0.39 is 6.04 Å². The van der Waals surface area contributed by atoms with Gasteiger partial charge in [0.15, 0.2) is 0 Å². The zero-order valence-electron chi connectivity index (χ0n) is 14.1. The second-order valence-corrected chi connectivity index (χ2v) is 6.38. The van der Waals surface area contributed by atoms with Gasteiger partial charge in [0, 0.05) is 25.6 Å². The van der Waals surface area contributed by atoms with Crippen LogP contribution in [-0.2, 0) is 16.1 Å². The van der Waals surface area contributed by atoms with Gasteiger partial charge in [-0.2, -0.15) is 0 Å². The molecule has 1 aliphatic heterocycles. The first-order valence-corrected chi connectivity index (χ1v) is 8.56. The number of hydrogen-bond acceptors (Lipinski definition) is 3. The highest BCUT2D eigenvalue weighted by Crippen LogP contribution is 2.17. The van der Waals surface area contributed by atoms with Crippen LogP contribution in [0.25, 0.3) is 0 Å². The molecule has 0 aliphatic carbocycles. The van der Waals surface area contributed by atoms with Crippen molar-refractivity contribution in [2.75, 3.05) is 6.54 Å². The lowest BCUT2D eigenvalue weighted by Crippen LogP contribution is -2.42. The summed E-state index contributed by atoms with van der Waals surface area (Å²) in [5.74, 6) is -0.207. The van der Waals surface area contributed by atoms with E-state index in [1.807, 2.05) is 60.7 Å². The van der Waals surface area contributed by atoms with Gasteiger partial charge in [0.1, 0.15) is 6.04 Å². The number of nitrogens with two attached hydrogens (primary N) is 1. The SMILES string of the molecule is NC(CC(=O)NC1CCN(Cc2ccccc2)C1=O)c1ccccc1. The minimum absolute atomic E-state index is 0.0227. The molecule has 2 aromatic rings. The number of rotatable bonds is 6. The van der Waals surface area contributed by atoms with Crippen LogP contribution in [0.5, 0.6) is 0 Å². The van der Waals surface area contributed by atoms with Crippen molar-refractivity contribution in [1.82, 2.24) is 10.2 Å². The second-order valence-electron chi connectivity index (χ2n) is 6.38. The maximum absolute atomic E-state index is 12.5. The number of carbonyl (C=O) groups excluding carboxylic acids is 2. The van der Waals surface area contributed by atoms with Crippen molar-refractivity contribution in [3.63, 3.8) is 0 Å². The molecule has 25 heavy (non-hydrogen) atoms. The van der Waals surface area contributed by atoms with Crippen LogP contribution in [0.1, 0.15) is 30.0 Å². The molecule has 2 unspecified atom stereocenters. The van der Waals surface area contributed by atoms with E-state index in [1.54, 1.807) is 4.90 Å². The van der Waals surface area contributed by atoms with Crippen molar-refractivity contribution in [2.45, 2.75) is 31.5 Å². The number of nitrogens with zero attached hydrogens (tertiary/aromatic N) is 1. The van der Waals surface area contributed by atoms with Crippen molar-refractivity contribution < 1.29 is 9.59 Å². The molecule has 3 N–H and O–H groups in total. The first-order chi connectivity index (χ1) is 12.1. The van der Waals surface area contributed by atoms with Crippen molar-refractivity contribution in [1.29, 1.82) is 0 Å². The molecule has 1 fully saturated rings. The Bertz CT molecular complexity index is 718. The van der Waals surface area contributed by atoms with E-state index in [0.717, 1.165) is 11.1 Å². The van der Waals surface area contributed by atoms with Gasteiger partial charge < -0.3 is 16.0 Å². The number of benzene rings is 2. The summed E-state index contributed by atoms with van der Waals surface area (Å²) in [6, 6.07) is 18.6. The Kier molecular flexibility index (Phi) is 5.46. The number of carbonyl (C=O) groups is 2. The summed E-state index contributed by atoms with van der Waals surface area (Å²) in [7, 11) is 0. The van der Waals surface area contributed by atoms with E-state index in [4.69, 9.17) is 5.73 Å². The Hall–Kier alpha value is -2.66. The second kappa shape index (κ2) is 7.94. The van der Waals surface area contributed by atoms with E-state index in [1.165, 1.54) is 0 Å². The van der Waals surface area contributed by atoms with Gasteiger partial charge in [-0.3, -0.25) is 9.59 Å². The predicted molar refractivity (Wildman–Crippen MR) is 96.4 cm³/mol. The van der Waals surface area contributed by atoms with Crippen molar-refractivity contribution in [3.8, 4) is 0 Å². The zero-order valence-corrected chi connectivity index (χ0v) is 14.1. The lowest BCUT2D eigenvalue weighted by Gasteiger charge is -2.18. The number of hydrogen-bond donors (Lipinski definition) is 2. The van der Waals surface area contributed by atoms with Crippen molar-refractivity contribution >= 4 is 11.8 Å². The van der Waals surface area contributed by atoms with Crippen molar-refractivity contribution in [3.05, 3.63) is 71.8 Å². The van der Waals surface area contributed by atoms with E-state index in [0.29, 0.717) is 19.5 Å². The summed E-state index contributed by atoms with van der Waals surface area (Å²) >= 11 is 0. The molecule has 1 heterocycles. The number of amides is 2. The van der Waals surface area contributed by atoms with E-state index in [2.05, 4.69) is 5.32 Å². The van der Waals surface area contributed by atoms with Gasteiger partial charge in [-0.1, -0.05) is 60.7 Å². The molecule has 0 radical (unpaired) electrons. The third kappa shape index (κ3) is 4.45. The Morgan fingerprint density at radius 3 is 2.44 bits per heavy atom. The maximum Gasteiger partial charge on any atom is 0.245 e. The molecule has 1 aliphatic rings. The Labute approximate surface area is 147 Å². The van der Waals surface area contributed by atoms with Crippen LogP contribution < -0.4 is 11.1 Å². The third-order valence-electron chi connectivity index (χ3n) is 4.48. The van der Waals surface area contributed by atoms with Gasteiger partial charge in [0.05, 0.1) is 0 Å². The molecule has 0 saturated carbocycles. The summed E-state index contributed by atoms with van der Waals surface area (Å²) in [6.45, 7) is 1.24. The Morgan fingerprint density at radius 1 is 1.12 bits per heavy atom. The standard InChI is InChI=1S/C20H23N3O2/c21-17(16-9-5-2-6-10-16)13-19(24)22-18-11-12-23(20(18)25)14-15-7-3-1-4-8-15/h1-10,17-18H,11-14,21H2,(H,22,24). The first kappa shape index (κ1) is 17.2. The van der Waals surface area contributed by atoms with Crippen molar-refractivity contribution in [2.24, 2.45) is 5.73 Å². The third-order valence-corrected chi connectivity index (χ3v) is 4.48. The summed E-state index contributed by atoms with van der Waals surface area (Å²) in [5.41, 5.74) is 8.09. The highest BCUT2D eigenvalue weighted by atomic mass is 16.2. The quantitative estimate of drug-likeness (QED) is 0.846. The predicted octanol–water partition coefficient (Wildman–Crippen LogP) is 1.99. The van der Waals surface area contributed by atoms with Crippen LogP contribution in [0.2, 0.25) is 0 Å².